The molecule has 0 unspecified atom stereocenters. The van der Waals surface area contributed by atoms with Gasteiger partial charge in [0.2, 0.25) is 11.8 Å². The van der Waals surface area contributed by atoms with Crippen LogP contribution in [0.1, 0.15) is 13.3 Å². The Bertz CT molecular complexity index is 1020. The fourth-order valence-corrected chi connectivity index (χ4v) is 4.88. The van der Waals surface area contributed by atoms with E-state index in [9.17, 15) is 22.4 Å². The Morgan fingerprint density at radius 3 is 2.82 bits per heavy atom. The number of hydrogen-bond donors (Lipinski definition) is 2. The van der Waals surface area contributed by atoms with Crippen LogP contribution in [0.25, 0.3) is 0 Å². The van der Waals surface area contributed by atoms with Crippen LogP contribution >= 0.6 is 11.8 Å². The van der Waals surface area contributed by atoms with Crippen molar-refractivity contribution in [2.45, 2.75) is 23.1 Å². The first-order chi connectivity index (χ1) is 13.2. The number of thioether (sulfide) groups is 1. The van der Waals surface area contributed by atoms with Crippen molar-refractivity contribution in [3.05, 3.63) is 48.3 Å². The summed E-state index contributed by atoms with van der Waals surface area (Å²) in [6.45, 7) is 1.81. The second-order valence-electron chi connectivity index (χ2n) is 6.49. The van der Waals surface area contributed by atoms with Crippen LogP contribution in [0.5, 0.6) is 0 Å². The fraction of sp³-hybridized carbons (Fsp3) is 0.263. The maximum atomic E-state index is 13.2. The number of rotatable bonds is 5. The van der Waals surface area contributed by atoms with E-state index in [0.717, 1.165) is 11.0 Å². The Morgan fingerprint density at radius 2 is 2.07 bits per heavy atom. The predicted octanol–water partition coefficient (Wildman–Crippen LogP) is 3.31. The zero-order chi connectivity index (χ0) is 20.3. The van der Waals surface area contributed by atoms with E-state index in [1.54, 1.807) is 6.07 Å². The molecule has 0 spiro atoms. The molecule has 0 fully saturated rings. The third-order valence-corrected chi connectivity index (χ3v) is 7.26. The van der Waals surface area contributed by atoms with Crippen molar-refractivity contribution in [1.29, 1.82) is 0 Å². The largest absolute Gasteiger partial charge is 0.326 e. The van der Waals surface area contributed by atoms with Crippen LogP contribution in [-0.2, 0) is 19.4 Å². The number of anilines is 2. The third kappa shape index (κ3) is 4.90. The van der Waals surface area contributed by atoms with E-state index in [-0.39, 0.29) is 28.8 Å². The average molecular weight is 423 g/mol. The molecule has 28 heavy (non-hydrogen) atoms. The molecular weight excluding hydrogens is 403 g/mol. The topological polar surface area (TPSA) is 92.3 Å². The van der Waals surface area contributed by atoms with Crippen LogP contribution in [0.4, 0.5) is 15.8 Å². The number of nitrogens with one attached hydrogen (secondary N) is 2. The average Bonchev–Trinajstić information content (AvgIpc) is 2.78. The molecule has 0 saturated heterocycles. The first kappa shape index (κ1) is 20.3. The molecule has 1 aliphatic rings. The first-order valence-corrected chi connectivity index (χ1v) is 11.2. The zero-order valence-corrected chi connectivity index (χ0v) is 16.7. The van der Waals surface area contributed by atoms with Crippen LogP contribution in [-0.4, -0.2) is 31.7 Å². The molecule has 1 aliphatic heterocycles. The van der Waals surface area contributed by atoms with Crippen molar-refractivity contribution in [3.8, 4) is 0 Å². The molecule has 0 bridgehead atoms. The van der Waals surface area contributed by atoms with E-state index >= 15 is 0 Å². The number of sulfone groups is 1. The molecule has 1 atom stereocenters. The fourth-order valence-electron chi connectivity index (χ4n) is 2.61. The molecular formula is C19H19FN2O4S2. The molecule has 0 aliphatic carbocycles. The monoisotopic (exact) mass is 422 g/mol. The summed E-state index contributed by atoms with van der Waals surface area (Å²) >= 11 is 1.49. The second-order valence-corrected chi connectivity index (χ2v) is 9.66. The van der Waals surface area contributed by atoms with E-state index in [4.69, 9.17) is 0 Å². The van der Waals surface area contributed by atoms with Crippen molar-refractivity contribution >= 4 is 44.8 Å². The Balaban J connectivity index is 1.68. The van der Waals surface area contributed by atoms with Gasteiger partial charge in [0.05, 0.1) is 16.3 Å². The number of halogens is 1. The molecule has 3 rings (SSSR count). The summed E-state index contributed by atoms with van der Waals surface area (Å²) in [4.78, 5) is 24.8. The number of carbonyl (C=O) groups is 2. The number of amides is 2. The molecule has 9 heteroatoms. The summed E-state index contributed by atoms with van der Waals surface area (Å²) in [5.41, 5.74) is 0.728. The molecule has 1 heterocycles. The maximum absolute atomic E-state index is 13.2. The van der Waals surface area contributed by atoms with E-state index in [1.165, 1.54) is 42.1 Å². The number of carbonyl (C=O) groups excluding carboxylic acids is 2. The Hall–Kier alpha value is -2.39. The van der Waals surface area contributed by atoms with Crippen molar-refractivity contribution in [3.63, 3.8) is 0 Å². The van der Waals surface area contributed by atoms with Gasteiger partial charge in [0, 0.05) is 28.7 Å². The number of benzene rings is 2. The van der Waals surface area contributed by atoms with E-state index in [2.05, 4.69) is 10.6 Å². The van der Waals surface area contributed by atoms with E-state index < -0.39 is 27.3 Å². The summed E-state index contributed by atoms with van der Waals surface area (Å²) in [5, 5.41) is 5.22. The highest BCUT2D eigenvalue weighted by atomic mass is 32.2. The second kappa shape index (κ2) is 8.32. The van der Waals surface area contributed by atoms with Gasteiger partial charge in [-0.1, -0.05) is 13.0 Å². The lowest BCUT2D eigenvalue weighted by Crippen LogP contribution is -2.20. The molecule has 6 nitrogen and oxygen atoms in total. The number of fused-ring (bicyclic) bond motifs is 1. The van der Waals surface area contributed by atoms with Gasteiger partial charge < -0.3 is 10.6 Å². The van der Waals surface area contributed by atoms with Gasteiger partial charge in [-0.3, -0.25) is 9.59 Å². The minimum atomic E-state index is -3.73. The molecule has 0 radical (unpaired) electrons. The summed E-state index contributed by atoms with van der Waals surface area (Å²) in [7, 11) is -3.73. The van der Waals surface area contributed by atoms with Gasteiger partial charge in [-0.2, -0.15) is 0 Å². The van der Waals surface area contributed by atoms with Gasteiger partial charge in [-0.25, -0.2) is 12.8 Å². The van der Waals surface area contributed by atoms with Crippen molar-refractivity contribution in [2.75, 3.05) is 22.1 Å². The van der Waals surface area contributed by atoms with Gasteiger partial charge in [0.1, 0.15) is 5.82 Å². The first-order valence-electron chi connectivity index (χ1n) is 8.60. The van der Waals surface area contributed by atoms with Crippen molar-refractivity contribution in [1.82, 2.24) is 0 Å². The number of hydrogen-bond acceptors (Lipinski definition) is 5. The highest BCUT2D eigenvalue weighted by molar-refractivity contribution is 7.99. The summed E-state index contributed by atoms with van der Waals surface area (Å²) < 4.78 is 38.4. The van der Waals surface area contributed by atoms with Crippen LogP contribution in [0.3, 0.4) is 0 Å². The summed E-state index contributed by atoms with van der Waals surface area (Å²) in [6.07, 6.45) is -0.270. The lowest BCUT2D eigenvalue weighted by Gasteiger charge is -2.10. The van der Waals surface area contributed by atoms with Gasteiger partial charge >= 0.3 is 0 Å². The van der Waals surface area contributed by atoms with Crippen molar-refractivity contribution < 1.29 is 22.4 Å². The Kier molecular flexibility index (Phi) is 6.04. The standard InChI is InChI=1S/C19H19FN2O4S2/c1-12-11-27-17-6-5-15(10-16(17)22-19(12)24)28(25,26)8-7-18(23)21-14-4-2-3-13(20)9-14/h2-6,9-10,12H,7-8,11H2,1H3,(H,21,23)(H,22,24)/t12-/m0/s1. The van der Waals surface area contributed by atoms with Crippen LogP contribution in [0, 0.1) is 11.7 Å². The SMILES string of the molecule is C[C@H]1CSc2ccc(S(=O)(=O)CCC(=O)Nc3cccc(F)c3)cc2NC1=O. The van der Waals surface area contributed by atoms with Gasteiger partial charge in [0.15, 0.2) is 9.84 Å². The smallest absolute Gasteiger partial charge is 0.228 e. The molecule has 2 aromatic carbocycles. The van der Waals surface area contributed by atoms with Crippen LogP contribution in [0.2, 0.25) is 0 Å². The third-order valence-electron chi connectivity index (χ3n) is 4.21. The molecule has 2 N–H and O–H groups in total. The zero-order valence-electron chi connectivity index (χ0n) is 15.1. The quantitative estimate of drug-likeness (QED) is 0.771. The van der Waals surface area contributed by atoms with Crippen LogP contribution in [0.15, 0.2) is 52.3 Å². The van der Waals surface area contributed by atoms with Gasteiger partial charge in [-0.05, 0) is 36.4 Å². The highest BCUT2D eigenvalue weighted by Crippen LogP contribution is 2.34. The highest BCUT2D eigenvalue weighted by Gasteiger charge is 2.23. The Morgan fingerprint density at radius 1 is 1.29 bits per heavy atom. The molecule has 2 amide bonds. The van der Waals surface area contributed by atoms with Gasteiger partial charge in [-0.15, -0.1) is 11.8 Å². The normalized spacial score (nSPS) is 16.6. The van der Waals surface area contributed by atoms with Gasteiger partial charge in [0.25, 0.3) is 0 Å². The molecule has 0 aromatic heterocycles. The minimum absolute atomic E-state index is 0.0419. The maximum Gasteiger partial charge on any atom is 0.228 e. The lowest BCUT2D eigenvalue weighted by atomic mass is 10.2. The summed E-state index contributed by atoms with van der Waals surface area (Å²) in [5.74, 6) is -1.14. The minimum Gasteiger partial charge on any atom is -0.326 e. The van der Waals surface area contributed by atoms with Crippen LogP contribution < -0.4 is 10.6 Å². The molecule has 0 saturated carbocycles. The van der Waals surface area contributed by atoms with E-state index in [0.29, 0.717) is 11.4 Å². The lowest BCUT2D eigenvalue weighted by molar-refractivity contribution is -0.118. The predicted molar refractivity (Wildman–Crippen MR) is 107 cm³/mol. The van der Waals surface area contributed by atoms with Crippen molar-refractivity contribution in [2.24, 2.45) is 5.92 Å². The summed E-state index contributed by atoms with van der Waals surface area (Å²) in [6, 6.07) is 9.94. The molecule has 2 aromatic rings. The van der Waals surface area contributed by atoms with E-state index in [1.807, 2.05) is 6.92 Å². The molecule has 148 valence electrons. The Labute approximate surface area is 166 Å².